The molecular formula is C4H8O3S. The predicted molar refractivity (Wildman–Crippen MR) is 30.4 cm³/mol. The Morgan fingerprint density at radius 3 is 2.75 bits per heavy atom. The summed E-state index contributed by atoms with van der Waals surface area (Å²) in [4.78, 5) is 0. The maximum absolute atomic E-state index is 8.68. The molecule has 0 amide bonds. The number of aliphatic hydroxyl groups excluding tert-OH is 2. The lowest BCUT2D eigenvalue weighted by Gasteiger charge is -2.02. The Kier molecular flexibility index (Phi) is 2.13. The molecule has 1 aliphatic rings. The summed E-state index contributed by atoms with van der Waals surface area (Å²) in [5.41, 5.74) is -0.204. The summed E-state index contributed by atoms with van der Waals surface area (Å²) in [5, 5.41) is 17.1. The Hall–Kier alpha value is 0.230. The summed E-state index contributed by atoms with van der Waals surface area (Å²) in [6.07, 6.45) is -0.669. The number of hydrogen-bond donors (Lipinski definition) is 2. The van der Waals surface area contributed by atoms with Crippen molar-refractivity contribution in [2.45, 2.75) is 11.7 Å². The summed E-state index contributed by atoms with van der Waals surface area (Å²) in [5.74, 6) is 0.575. The van der Waals surface area contributed by atoms with Gasteiger partial charge in [0.05, 0.1) is 6.61 Å². The summed E-state index contributed by atoms with van der Waals surface area (Å²) < 4.78 is 4.78. The van der Waals surface area contributed by atoms with Crippen molar-refractivity contribution in [3.05, 3.63) is 0 Å². The Morgan fingerprint density at radius 2 is 2.50 bits per heavy atom. The van der Waals surface area contributed by atoms with Crippen molar-refractivity contribution >= 4 is 11.8 Å². The number of ether oxygens (including phenoxy) is 1. The minimum Gasteiger partial charge on any atom is -0.393 e. The van der Waals surface area contributed by atoms with E-state index in [9.17, 15) is 0 Å². The third-order valence-electron chi connectivity index (χ3n) is 0.883. The van der Waals surface area contributed by atoms with Gasteiger partial charge in [-0.15, -0.1) is 11.8 Å². The summed E-state index contributed by atoms with van der Waals surface area (Å²) in [6.45, 7) is -0.0122. The van der Waals surface area contributed by atoms with Gasteiger partial charge in [0, 0.05) is 5.75 Å². The van der Waals surface area contributed by atoms with E-state index in [1.807, 2.05) is 0 Å². The van der Waals surface area contributed by atoms with E-state index in [1.54, 1.807) is 0 Å². The van der Waals surface area contributed by atoms with Crippen LogP contribution in [0.3, 0.4) is 0 Å². The molecule has 1 aliphatic heterocycles. The van der Waals surface area contributed by atoms with Crippen LogP contribution in [0.25, 0.3) is 0 Å². The molecule has 1 fully saturated rings. The molecule has 8 heavy (non-hydrogen) atoms. The van der Waals surface area contributed by atoms with Crippen LogP contribution in [-0.2, 0) is 4.74 Å². The first kappa shape index (κ1) is 6.35. The highest BCUT2D eigenvalue weighted by atomic mass is 32.2. The van der Waals surface area contributed by atoms with Gasteiger partial charge >= 0.3 is 0 Å². The molecule has 0 aliphatic carbocycles. The van der Waals surface area contributed by atoms with Crippen LogP contribution in [0, 0.1) is 0 Å². The maximum atomic E-state index is 8.68. The van der Waals surface area contributed by atoms with Crippen molar-refractivity contribution < 1.29 is 14.9 Å². The van der Waals surface area contributed by atoms with Gasteiger partial charge < -0.3 is 14.9 Å². The molecule has 48 valence electrons. The Bertz CT molecular complexity index is 77.7. The van der Waals surface area contributed by atoms with Crippen molar-refractivity contribution in [1.82, 2.24) is 0 Å². The molecule has 0 radical (unpaired) electrons. The van der Waals surface area contributed by atoms with Crippen LogP contribution in [0.4, 0.5) is 0 Å². The van der Waals surface area contributed by atoms with E-state index in [1.165, 1.54) is 11.8 Å². The highest BCUT2D eigenvalue weighted by molar-refractivity contribution is 8.00. The molecule has 0 spiro atoms. The molecule has 4 heteroatoms. The van der Waals surface area contributed by atoms with E-state index in [2.05, 4.69) is 0 Å². The van der Waals surface area contributed by atoms with Gasteiger partial charge in [-0.05, 0) is 0 Å². The van der Waals surface area contributed by atoms with Gasteiger partial charge in [-0.2, -0.15) is 0 Å². The monoisotopic (exact) mass is 136 g/mol. The molecular weight excluding hydrogens is 128 g/mol. The van der Waals surface area contributed by atoms with E-state index in [0.29, 0.717) is 5.75 Å². The van der Waals surface area contributed by atoms with Crippen LogP contribution in [0.2, 0.25) is 0 Å². The van der Waals surface area contributed by atoms with Gasteiger partial charge in [0.25, 0.3) is 0 Å². The van der Waals surface area contributed by atoms with Crippen molar-refractivity contribution in [1.29, 1.82) is 0 Å². The molecule has 2 N–H and O–H groups in total. The fraction of sp³-hybridized carbons (Fsp3) is 1.00. The average Bonchev–Trinajstić information content (AvgIpc) is 2.14. The molecule has 0 aromatic rings. The first-order valence-electron chi connectivity index (χ1n) is 2.39. The normalized spacial score (nSPS) is 38.2. The van der Waals surface area contributed by atoms with Crippen LogP contribution in [-0.4, -0.2) is 34.3 Å². The molecule has 1 saturated heterocycles. The van der Waals surface area contributed by atoms with E-state index in [0.717, 1.165) is 0 Å². The van der Waals surface area contributed by atoms with Gasteiger partial charge in [-0.25, -0.2) is 0 Å². The molecule has 3 nitrogen and oxygen atoms in total. The van der Waals surface area contributed by atoms with Crippen LogP contribution in [0.5, 0.6) is 0 Å². The van der Waals surface area contributed by atoms with Crippen LogP contribution >= 0.6 is 11.8 Å². The lowest BCUT2D eigenvalue weighted by Crippen LogP contribution is -2.12. The number of thioether (sulfide) groups is 1. The van der Waals surface area contributed by atoms with Crippen LogP contribution in [0.15, 0.2) is 0 Å². The summed E-state index contributed by atoms with van der Waals surface area (Å²) >= 11 is 1.43. The minimum atomic E-state index is -0.669. The first-order chi connectivity index (χ1) is 3.83. The van der Waals surface area contributed by atoms with Gasteiger partial charge in [0.15, 0.2) is 6.29 Å². The molecule has 0 saturated carbocycles. The Balaban J connectivity index is 2.22. The zero-order valence-corrected chi connectivity index (χ0v) is 5.10. The molecule has 1 heterocycles. The zero-order chi connectivity index (χ0) is 5.98. The van der Waals surface area contributed by atoms with Gasteiger partial charge in [0.1, 0.15) is 5.44 Å². The molecule has 0 bridgehead atoms. The quantitative estimate of drug-likeness (QED) is 0.504. The third-order valence-corrected chi connectivity index (χ3v) is 1.99. The Labute approximate surface area is 51.7 Å². The van der Waals surface area contributed by atoms with Crippen molar-refractivity contribution in [3.63, 3.8) is 0 Å². The van der Waals surface area contributed by atoms with E-state index < -0.39 is 6.29 Å². The molecule has 2 atom stereocenters. The van der Waals surface area contributed by atoms with Crippen LogP contribution in [0.1, 0.15) is 0 Å². The fourth-order valence-corrected chi connectivity index (χ4v) is 1.31. The topological polar surface area (TPSA) is 49.7 Å². The highest BCUT2D eigenvalue weighted by Gasteiger charge is 2.22. The predicted octanol–water partition coefficient (Wildman–Crippen LogP) is -0.613. The second kappa shape index (κ2) is 2.68. The van der Waals surface area contributed by atoms with E-state index >= 15 is 0 Å². The summed E-state index contributed by atoms with van der Waals surface area (Å²) in [6, 6.07) is 0. The smallest absolute Gasteiger partial charge is 0.165 e. The van der Waals surface area contributed by atoms with Gasteiger partial charge in [-0.3, -0.25) is 0 Å². The van der Waals surface area contributed by atoms with Crippen molar-refractivity contribution in [2.24, 2.45) is 0 Å². The average molecular weight is 136 g/mol. The van der Waals surface area contributed by atoms with Crippen LogP contribution < -0.4 is 0 Å². The maximum Gasteiger partial charge on any atom is 0.165 e. The number of aliphatic hydroxyl groups is 2. The number of rotatable bonds is 1. The highest BCUT2D eigenvalue weighted by Crippen LogP contribution is 2.22. The summed E-state index contributed by atoms with van der Waals surface area (Å²) in [7, 11) is 0. The first-order valence-corrected chi connectivity index (χ1v) is 3.44. The molecule has 0 unspecified atom stereocenters. The standard InChI is InChI=1S/C4H8O3S/c5-1-4-7-3(6)2-8-4/h3-6H,1-2H2/t3-,4+/m1/s1. The lowest BCUT2D eigenvalue weighted by molar-refractivity contribution is -0.0899. The molecule has 0 aromatic carbocycles. The Morgan fingerprint density at radius 1 is 1.75 bits per heavy atom. The molecule has 0 aromatic heterocycles. The van der Waals surface area contributed by atoms with E-state index in [-0.39, 0.29) is 12.0 Å². The SMILES string of the molecule is OC[C@H]1O[C@@H](O)CS1. The third kappa shape index (κ3) is 1.35. The number of hydrogen-bond acceptors (Lipinski definition) is 4. The second-order valence-electron chi connectivity index (χ2n) is 1.54. The zero-order valence-electron chi connectivity index (χ0n) is 4.28. The van der Waals surface area contributed by atoms with Crippen molar-refractivity contribution in [2.75, 3.05) is 12.4 Å². The van der Waals surface area contributed by atoms with Crippen molar-refractivity contribution in [3.8, 4) is 0 Å². The van der Waals surface area contributed by atoms with Gasteiger partial charge in [-0.1, -0.05) is 0 Å². The fourth-order valence-electron chi connectivity index (χ4n) is 0.539. The van der Waals surface area contributed by atoms with E-state index in [4.69, 9.17) is 14.9 Å². The largest absolute Gasteiger partial charge is 0.393 e. The lowest BCUT2D eigenvalue weighted by atomic mass is 10.7. The minimum absolute atomic E-state index is 0.0122. The van der Waals surface area contributed by atoms with Gasteiger partial charge in [0.2, 0.25) is 0 Å². The molecule has 1 rings (SSSR count). The second-order valence-corrected chi connectivity index (χ2v) is 2.73.